The van der Waals surface area contributed by atoms with Crippen LogP contribution in [0.1, 0.15) is 22.0 Å². The summed E-state index contributed by atoms with van der Waals surface area (Å²) in [6, 6.07) is 11.3. The van der Waals surface area contributed by atoms with Gasteiger partial charge in [0.05, 0.1) is 12.7 Å². The third-order valence-corrected chi connectivity index (χ3v) is 3.10. The molecule has 1 amide bonds. The lowest BCUT2D eigenvalue weighted by Gasteiger charge is -2.05. The molecule has 2 aromatic heterocycles. The van der Waals surface area contributed by atoms with Crippen molar-refractivity contribution in [1.29, 1.82) is 0 Å². The molecule has 3 rings (SSSR count). The largest absolute Gasteiger partial charge is 0.444 e. The van der Waals surface area contributed by atoms with E-state index in [1.807, 2.05) is 48.1 Å². The van der Waals surface area contributed by atoms with E-state index in [0.717, 1.165) is 11.4 Å². The van der Waals surface area contributed by atoms with E-state index in [1.54, 1.807) is 18.3 Å². The fourth-order valence-corrected chi connectivity index (χ4v) is 2.03. The number of amides is 1. The first kappa shape index (κ1) is 13.2. The highest BCUT2D eigenvalue weighted by atomic mass is 16.4. The van der Waals surface area contributed by atoms with E-state index in [2.05, 4.69) is 10.3 Å². The van der Waals surface area contributed by atoms with E-state index < -0.39 is 0 Å². The number of aryl methyl sites for hydroxylation is 1. The summed E-state index contributed by atoms with van der Waals surface area (Å²) < 4.78 is 7.29. The van der Waals surface area contributed by atoms with Gasteiger partial charge in [-0.15, -0.1) is 0 Å². The van der Waals surface area contributed by atoms with E-state index >= 15 is 0 Å². The highest BCUT2D eigenvalue weighted by Gasteiger charge is 2.07. The van der Waals surface area contributed by atoms with Crippen molar-refractivity contribution in [3.63, 3.8) is 0 Å². The topological polar surface area (TPSA) is 60.1 Å². The molecule has 0 saturated heterocycles. The van der Waals surface area contributed by atoms with Gasteiger partial charge in [-0.25, -0.2) is 4.98 Å². The maximum absolute atomic E-state index is 12.0. The fourth-order valence-electron chi connectivity index (χ4n) is 2.03. The number of nitrogens with one attached hydrogen (secondary N) is 1. The zero-order chi connectivity index (χ0) is 14.7. The monoisotopic (exact) mass is 281 g/mol. The van der Waals surface area contributed by atoms with Crippen LogP contribution in [0.2, 0.25) is 0 Å². The molecular weight excluding hydrogens is 266 g/mol. The van der Waals surface area contributed by atoms with E-state index in [-0.39, 0.29) is 12.5 Å². The van der Waals surface area contributed by atoms with Gasteiger partial charge < -0.3 is 14.3 Å². The summed E-state index contributed by atoms with van der Waals surface area (Å²) in [5.41, 5.74) is 1.62. The summed E-state index contributed by atoms with van der Waals surface area (Å²) >= 11 is 0. The molecule has 0 aliphatic carbocycles. The number of nitrogens with zero attached hydrogens (tertiary/aromatic N) is 2. The number of carbonyl (C=O) groups excluding carboxylic acids is 1. The Balaban J connectivity index is 1.65. The van der Waals surface area contributed by atoms with Gasteiger partial charge in [-0.2, -0.15) is 0 Å². The first-order valence-electron chi connectivity index (χ1n) is 6.65. The van der Waals surface area contributed by atoms with Crippen molar-refractivity contribution in [1.82, 2.24) is 14.9 Å². The molecule has 0 aliphatic rings. The van der Waals surface area contributed by atoms with Gasteiger partial charge >= 0.3 is 0 Å². The van der Waals surface area contributed by atoms with Crippen LogP contribution in [0.25, 0.3) is 5.69 Å². The molecule has 0 atom stereocenters. The second-order valence-corrected chi connectivity index (χ2v) is 4.68. The smallest absolute Gasteiger partial charge is 0.251 e. The van der Waals surface area contributed by atoms with Gasteiger partial charge in [0.15, 0.2) is 0 Å². The van der Waals surface area contributed by atoms with Gasteiger partial charge in [0.1, 0.15) is 5.76 Å². The molecule has 0 bridgehead atoms. The summed E-state index contributed by atoms with van der Waals surface area (Å²) in [4.78, 5) is 16.1. The molecule has 0 spiro atoms. The summed E-state index contributed by atoms with van der Waals surface area (Å²) in [5.74, 6) is 1.09. The Morgan fingerprint density at radius 2 is 1.95 bits per heavy atom. The lowest BCUT2D eigenvalue weighted by atomic mass is 10.2. The maximum Gasteiger partial charge on any atom is 0.251 e. The zero-order valence-electron chi connectivity index (χ0n) is 11.6. The van der Waals surface area contributed by atoms with Crippen LogP contribution < -0.4 is 5.32 Å². The van der Waals surface area contributed by atoms with Gasteiger partial charge in [0.25, 0.3) is 5.91 Å². The number of rotatable bonds is 4. The Kier molecular flexibility index (Phi) is 3.55. The lowest BCUT2D eigenvalue weighted by Crippen LogP contribution is -2.22. The molecule has 2 heterocycles. The van der Waals surface area contributed by atoms with E-state index in [0.29, 0.717) is 11.5 Å². The summed E-state index contributed by atoms with van der Waals surface area (Å²) in [6.45, 7) is 2.10. The van der Waals surface area contributed by atoms with Gasteiger partial charge in [0, 0.05) is 23.6 Å². The van der Waals surface area contributed by atoms with Crippen molar-refractivity contribution in [3.05, 3.63) is 72.2 Å². The summed E-state index contributed by atoms with van der Waals surface area (Å²) in [7, 11) is 0. The Morgan fingerprint density at radius 3 is 2.57 bits per heavy atom. The maximum atomic E-state index is 12.0. The Hall–Kier alpha value is -2.82. The first-order chi connectivity index (χ1) is 10.2. The molecule has 0 fully saturated rings. The van der Waals surface area contributed by atoms with Gasteiger partial charge in [-0.3, -0.25) is 4.79 Å². The number of benzene rings is 1. The SMILES string of the molecule is Cc1cnc(CNC(=O)c2ccc(-n3cccc3)cc2)o1. The van der Waals surface area contributed by atoms with Crippen LogP contribution in [-0.2, 0) is 6.54 Å². The van der Waals surface area contributed by atoms with E-state index in [1.165, 1.54) is 0 Å². The van der Waals surface area contributed by atoms with Crippen molar-refractivity contribution < 1.29 is 9.21 Å². The second-order valence-electron chi connectivity index (χ2n) is 4.68. The Labute approximate surface area is 122 Å². The number of oxazole rings is 1. The van der Waals surface area contributed by atoms with Crippen molar-refractivity contribution in [2.24, 2.45) is 0 Å². The van der Waals surface area contributed by atoms with E-state index in [9.17, 15) is 4.79 Å². The average Bonchev–Trinajstić information content (AvgIpc) is 3.16. The molecule has 0 aliphatic heterocycles. The molecule has 0 saturated carbocycles. The zero-order valence-corrected chi connectivity index (χ0v) is 11.6. The van der Waals surface area contributed by atoms with Crippen LogP contribution in [0, 0.1) is 6.92 Å². The fraction of sp³-hybridized carbons (Fsp3) is 0.125. The average molecular weight is 281 g/mol. The molecule has 3 aromatic rings. The summed E-state index contributed by atoms with van der Waals surface area (Å²) in [6.07, 6.45) is 5.55. The van der Waals surface area contributed by atoms with Crippen LogP contribution in [0.3, 0.4) is 0 Å². The quantitative estimate of drug-likeness (QED) is 0.800. The minimum Gasteiger partial charge on any atom is -0.444 e. The van der Waals surface area contributed by atoms with Crippen molar-refractivity contribution >= 4 is 5.91 Å². The predicted octanol–water partition coefficient (Wildman–Crippen LogP) is 2.70. The van der Waals surface area contributed by atoms with Crippen LogP contribution in [0.5, 0.6) is 0 Å². The molecule has 5 heteroatoms. The van der Waals surface area contributed by atoms with Crippen LogP contribution in [-0.4, -0.2) is 15.5 Å². The van der Waals surface area contributed by atoms with Crippen molar-refractivity contribution in [2.75, 3.05) is 0 Å². The lowest BCUT2D eigenvalue weighted by molar-refractivity contribution is 0.0947. The van der Waals surface area contributed by atoms with E-state index in [4.69, 9.17) is 4.42 Å². The van der Waals surface area contributed by atoms with Crippen LogP contribution in [0.4, 0.5) is 0 Å². The normalized spacial score (nSPS) is 10.5. The highest BCUT2D eigenvalue weighted by Crippen LogP contribution is 2.10. The Morgan fingerprint density at radius 1 is 1.24 bits per heavy atom. The molecule has 106 valence electrons. The molecule has 0 radical (unpaired) electrons. The molecule has 1 aromatic carbocycles. The highest BCUT2D eigenvalue weighted by molar-refractivity contribution is 5.94. The minimum atomic E-state index is -0.148. The minimum absolute atomic E-state index is 0.148. The summed E-state index contributed by atoms with van der Waals surface area (Å²) in [5, 5.41) is 2.78. The molecule has 0 unspecified atom stereocenters. The number of carbonyl (C=O) groups is 1. The number of hydrogen-bond donors (Lipinski definition) is 1. The second kappa shape index (κ2) is 5.66. The molecule has 21 heavy (non-hydrogen) atoms. The molecule has 5 nitrogen and oxygen atoms in total. The standard InChI is InChI=1S/C16H15N3O2/c1-12-10-17-15(21-12)11-18-16(20)13-4-6-14(7-5-13)19-8-2-3-9-19/h2-10H,11H2,1H3,(H,18,20). The van der Waals surface area contributed by atoms with Crippen molar-refractivity contribution in [2.45, 2.75) is 13.5 Å². The Bertz CT molecular complexity index is 727. The van der Waals surface area contributed by atoms with Gasteiger partial charge in [0.2, 0.25) is 5.89 Å². The van der Waals surface area contributed by atoms with Gasteiger partial charge in [-0.1, -0.05) is 0 Å². The van der Waals surface area contributed by atoms with Crippen LogP contribution in [0.15, 0.2) is 59.4 Å². The van der Waals surface area contributed by atoms with Crippen molar-refractivity contribution in [3.8, 4) is 5.69 Å². The third-order valence-electron chi connectivity index (χ3n) is 3.10. The molecule has 1 N–H and O–H groups in total. The third kappa shape index (κ3) is 3.02. The van der Waals surface area contributed by atoms with Crippen LogP contribution >= 0.6 is 0 Å². The first-order valence-corrected chi connectivity index (χ1v) is 6.65. The van der Waals surface area contributed by atoms with Gasteiger partial charge in [-0.05, 0) is 43.3 Å². The predicted molar refractivity (Wildman–Crippen MR) is 78.2 cm³/mol. The molecular formula is C16H15N3O2. The number of aromatic nitrogens is 2. The number of hydrogen-bond acceptors (Lipinski definition) is 3.